The number of methoxy groups -OCH3 is 3. The van der Waals surface area contributed by atoms with Crippen molar-refractivity contribution in [3.05, 3.63) is 77.4 Å². The Morgan fingerprint density at radius 3 is 2.17 bits per heavy atom. The maximum Gasteiger partial charge on any atom is 0.303 e. The molecule has 216 valence electrons. The lowest BCUT2D eigenvalue weighted by atomic mass is 9.70. The Hall–Kier alpha value is -4.44. The average molecular weight is 564 g/mol. The van der Waals surface area contributed by atoms with Crippen molar-refractivity contribution < 1.29 is 43.5 Å². The van der Waals surface area contributed by atoms with Crippen LogP contribution in [0.4, 0.5) is 0 Å². The van der Waals surface area contributed by atoms with Crippen LogP contribution >= 0.6 is 0 Å². The monoisotopic (exact) mass is 563 g/mol. The van der Waals surface area contributed by atoms with E-state index in [4.69, 9.17) is 23.7 Å². The first kappa shape index (κ1) is 28.1. The maximum absolute atomic E-state index is 14.0. The van der Waals surface area contributed by atoms with Gasteiger partial charge in [0.2, 0.25) is 5.91 Å². The smallest absolute Gasteiger partial charge is 0.303 e. The predicted octanol–water partition coefficient (Wildman–Crippen LogP) is 3.33. The SMILES string of the molecule is COc1cc(OC)c2c(c1)OC1(c3ccc(OC)c(O)c3)C(c3ccccc3)C(C(=O)N(C)C)C(OC(C)=O)C21O. The molecule has 1 aliphatic heterocycles. The third-order valence-electron chi connectivity index (χ3n) is 8.03. The van der Waals surface area contributed by atoms with Crippen LogP contribution in [0.1, 0.15) is 29.5 Å². The van der Waals surface area contributed by atoms with E-state index in [1.807, 2.05) is 30.3 Å². The van der Waals surface area contributed by atoms with Crippen molar-refractivity contribution in [1.82, 2.24) is 4.90 Å². The number of esters is 1. The van der Waals surface area contributed by atoms with Gasteiger partial charge in [0.05, 0.1) is 32.8 Å². The molecule has 0 spiro atoms. The minimum Gasteiger partial charge on any atom is -0.504 e. The van der Waals surface area contributed by atoms with E-state index in [0.717, 1.165) is 0 Å². The van der Waals surface area contributed by atoms with Crippen molar-refractivity contribution in [3.63, 3.8) is 0 Å². The summed E-state index contributed by atoms with van der Waals surface area (Å²) in [6, 6.07) is 16.9. The number of rotatable bonds is 7. The van der Waals surface area contributed by atoms with Gasteiger partial charge >= 0.3 is 5.97 Å². The lowest BCUT2D eigenvalue weighted by Gasteiger charge is -2.41. The molecule has 10 nitrogen and oxygen atoms in total. The van der Waals surface area contributed by atoms with Crippen LogP contribution in [0.15, 0.2) is 60.7 Å². The largest absolute Gasteiger partial charge is 0.504 e. The van der Waals surface area contributed by atoms with Crippen LogP contribution in [-0.2, 0) is 25.5 Å². The van der Waals surface area contributed by atoms with Crippen LogP contribution in [0.3, 0.4) is 0 Å². The Bertz CT molecular complexity index is 1490. The Balaban J connectivity index is 1.95. The van der Waals surface area contributed by atoms with Crippen LogP contribution in [-0.4, -0.2) is 68.5 Å². The molecular weight excluding hydrogens is 530 g/mol. The molecular formula is C31H33NO9. The molecule has 3 aromatic rings. The molecule has 5 atom stereocenters. The van der Waals surface area contributed by atoms with Gasteiger partial charge in [-0.25, -0.2) is 0 Å². The highest BCUT2D eigenvalue weighted by atomic mass is 16.6. The van der Waals surface area contributed by atoms with Crippen molar-refractivity contribution in [2.45, 2.75) is 30.1 Å². The molecule has 0 saturated heterocycles. The number of aromatic hydroxyl groups is 1. The average Bonchev–Trinajstić information content (AvgIpc) is 3.34. The van der Waals surface area contributed by atoms with E-state index in [9.17, 15) is 19.8 Å². The zero-order valence-electron chi connectivity index (χ0n) is 23.7. The molecule has 1 fully saturated rings. The minimum atomic E-state index is -2.18. The van der Waals surface area contributed by atoms with Gasteiger partial charge < -0.3 is 38.8 Å². The van der Waals surface area contributed by atoms with Crippen LogP contribution in [0.25, 0.3) is 0 Å². The lowest BCUT2D eigenvalue weighted by Crippen LogP contribution is -2.53. The summed E-state index contributed by atoms with van der Waals surface area (Å²) in [5.41, 5.74) is -2.80. The first-order chi connectivity index (χ1) is 19.5. The number of phenols is 1. The molecule has 5 rings (SSSR count). The standard InChI is InChI=1S/C31H33NO9/c1-17(33)40-28-25(29(35)32(2)3)26(18-10-8-7-9-11-18)31(19-12-13-22(38-5)21(34)14-19)30(28,36)27-23(39-6)15-20(37-4)16-24(27)41-31/h7-16,25-26,28,34,36H,1-6H3. The molecule has 5 unspecified atom stereocenters. The normalized spacial score (nSPS) is 25.9. The number of phenolic OH excluding ortho intramolecular Hbond substituents is 1. The highest BCUT2D eigenvalue weighted by Crippen LogP contribution is 2.71. The molecule has 1 aliphatic carbocycles. The Kier molecular flexibility index (Phi) is 6.98. The number of ether oxygens (including phenoxy) is 5. The van der Waals surface area contributed by atoms with Gasteiger partial charge in [0.1, 0.15) is 17.2 Å². The Labute approximate surface area is 238 Å². The Morgan fingerprint density at radius 2 is 1.61 bits per heavy atom. The van der Waals surface area contributed by atoms with Gasteiger partial charge in [0, 0.05) is 44.6 Å². The van der Waals surface area contributed by atoms with Gasteiger partial charge in [0.15, 0.2) is 28.8 Å². The van der Waals surface area contributed by atoms with Gasteiger partial charge in [-0.15, -0.1) is 0 Å². The summed E-state index contributed by atoms with van der Waals surface area (Å²) in [5.74, 6) is -2.27. The number of fused-ring (bicyclic) bond motifs is 3. The molecule has 1 heterocycles. The molecule has 0 radical (unpaired) electrons. The summed E-state index contributed by atoms with van der Waals surface area (Å²) >= 11 is 0. The molecule has 2 aliphatic rings. The van der Waals surface area contributed by atoms with E-state index in [1.54, 1.807) is 38.4 Å². The van der Waals surface area contributed by atoms with Crippen molar-refractivity contribution in [3.8, 4) is 28.7 Å². The van der Waals surface area contributed by atoms with Gasteiger partial charge in [-0.2, -0.15) is 0 Å². The highest BCUT2D eigenvalue weighted by Gasteiger charge is 2.79. The van der Waals surface area contributed by atoms with E-state index in [-0.39, 0.29) is 34.5 Å². The summed E-state index contributed by atoms with van der Waals surface area (Å²) in [7, 11) is 7.54. The van der Waals surface area contributed by atoms with E-state index in [0.29, 0.717) is 16.9 Å². The Morgan fingerprint density at radius 1 is 0.927 bits per heavy atom. The van der Waals surface area contributed by atoms with E-state index >= 15 is 0 Å². The molecule has 10 heteroatoms. The number of aliphatic hydroxyl groups is 1. The summed E-state index contributed by atoms with van der Waals surface area (Å²) in [6.07, 6.45) is -1.42. The molecule has 41 heavy (non-hydrogen) atoms. The van der Waals surface area contributed by atoms with Crippen LogP contribution in [0, 0.1) is 5.92 Å². The second-order valence-corrected chi connectivity index (χ2v) is 10.4. The summed E-state index contributed by atoms with van der Waals surface area (Å²) in [4.78, 5) is 28.1. The topological polar surface area (TPSA) is 124 Å². The first-order valence-corrected chi connectivity index (χ1v) is 13.0. The lowest BCUT2D eigenvalue weighted by molar-refractivity contribution is -0.184. The summed E-state index contributed by atoms with van der Waals surface area (Å²) in [6.45, 7) is 1.22. The number of carbonyl (C=O) groups is 2. The van der Waals surface area contributed by atoms with Crippen molar-refractivity contribution in [2.75, 3.05) is 35.4 Å². The highest BCUT2D eigenvalue weighted by molar-refractivity contribution is 5.84. The van der Waals surface area contributed by atoms with E-state index in [2.05, 4.69) is 0 Å². The second kappa shape index (κ2) is 10.2. The molecule has 0 aromatic heterocycles. The number of hydrogen-bond donors (Lipinski definition) is 2. The number of benzene rings is 3. The molecule has 1 amide bonds. The van der Waals surface area contributed by atoms with Crippen molar-refractivity contribution in [2.24, 2.45) is 5.92 Å². The molecule has 1 saturated carbocycles. The maximum atomic E-state index is 14.0. The van der Waals surface area contributed by atoms with E-state index in [1.165, 1.54) is 39.2 Å². The number of amides is 1. The molecule has 3 aromatic carbocycles. The van der Waals surface area contributed by atoms with Crippen LogP contribution in [0.2, 0.25) is 0 Å². The van der Waals surface area contributed by atoms with Gasteiger partial charge in [0.25, 0.3) is 0 Å². The zero-order valence-corrected chi connectivity index (χ0v) is 23.7. The predicted molar refractivity (Wildman–Crippen MR) is 147 cm³/mol. The van der Waals surface area contributed by atoms with E-state index < -0.39 is 35.1 Å². The summed E-state index contributed by atoms with van der Waals surface area (Å²) < 4.78 is 29.2. The van der Waals surface area contributed by atoms with Crippen LogP contribution in [0.5, 0.6) is 28.7 Å². The third-order valence-corrected chi connectivity index (χ3v) is 8.03. The first-order valence-electron chi connectivity index (χ1n) is 13.0. The van der Waals surface area contributed by atoms with Gasteiger partial charge in [-0.3, -0.25) is 9.59 Å². The molecule has 0 bridgehead atoms. The quantitative estimate of drug-likeness (QED) is 0.417. The van der Waals surface area contributed by atoms with Crippen molar-refractivity contribution in [1.29, 1.82) is 0 Å². The fraction of sp³-hybridized carbons (Fsp3) is 0.355. The number of nitrogens with zero attached hydrogens (tertiary/aromatic N) is 1. The zero-order chi connectivity index (χ0) is 29.7. The van der Waals surface area contributed by atoms with Crippen molar-refractivity contribution >= 4 is 11.9 Å². The number of hydrogen-bond acceptors (Lipinski definition) is 9. The number of carbonyl (C=O) groups excluding carboxylic acids is 2. The van der Waals surface area contributed by atoms with Crippen LogP contribution < -0.4 is 18.9 Å². The van der Waals surface area contributed by atoms with Gasteiger partial charge in [-0.05, 0) is 17.7 Å². The summed E-state index contributed by atoms with van der Waals surface area (Å²) in [5, 5.41) is 24.1. The molecule has 2 N–H and O–H groups in total. The third kappa shape index (κ3) is 3.96. The fourth-order valence-corrected chi connectivity index (χ4v) is 6.47. The second-order valence-electron chi connectivity index (χ2n) is 10.4. The minimum absolute atomic E-state index is 0.192. The fourth-order valence-electron chi connectivity index (χ4n) is 6.47. The van der Waals surface area contributed by atoms with Gasteiger partial charge in [-0.1, -0.05) is 36.4 Å².